The standard InChI is InChI=1S/C10H5F7O/c11-8(12,9(13,14)10(15,16)17)7(18)6-4-2-1-3-5-6/h1-5H. The summed E-state index contributed by atoms with van der Waals surface area (Å²) < 4.78 is 86.5. The number of carbonyl (C=O) groups excluding carboxylic acids is 1. The van der Waals surface area contributed by atoms with Gasteiger partial charge in [0.15, 0.2) is 0 Å². The molecule has 0 radical (unpaired) electrons. The zero-order valence-electron chi connectivity index (χ0n) is 8.44. The molecule has 0 aromatic heterocycles. The van der Waals surface area contributed by atoms with Gasteiger partial charge in [0.05, 0.1) is 0 Å². The van der Waals surface area contributed by atoms with Crippen LogP contribution in [0.15, 0.2) is 30.3 Å². The molecular formula is C10H5F7O. The molecule has 8 heteroatoms. The molecule has 0 heterocycles. The van der Waals surface area contributed by atoms with Crippen molar-refractivity contribution in [2.75, 3.05) is 0 Å². The van der Waals surface area contributed by atoms with E-state index in [4.69, 9.17) is 0 Å². The number of Topliss-reactive ketones (excluding diaryl/α,β-unsaturated/α-hetero) is 1. The van der Waals surface area contributed by atoms with Crippen LogP contribution < -0.4 is 0 Å². The number of carbonyl (C=O) groups is 1. The number of rotatable bonds is 3. The smallest absolute Gasteiger partial charge is 0.287 e. The molecule has 18 heavy (non-hydrogen) atoms. The second-order valence-corrected chi connectivity index (χ2v) is 3.34. The average Bonchev–Trinajstić information content (AvgIpc) is 2.27. The highest BCUT2D eigenvalue weighted by atomic mass is 19.4. The molecule has 0 bridgehead atoms. The van der Waals surface area contributed by atoms with Crippen LogP contribution in [0, 0.1) is 0 Å². The molecule has 0 atom stereocenters. The fourth-order valence-corrected chi connectivity index (χ4v) is 1.09. The van der Waals surface area contributed by atoms with Gasteiger partial charge in [-0.25, -0.2) is 0 Å². The summed E-state index contributed by atoms with van der Waals surface area (Å²) in [6.07, 6.45) is -6.51. The monoisotopic (exact) mass is 274 g/mol. The number of benzene rings is 1. The molecule has 1 aromatic carbocycles. The fourth-order valence-electron chi connectivity index (χ4n) is 1.09. The number of halogens is 7. The minimum absolute atomic E-state index is 0.725. The van der Waals surface area contributed by atoms with Crippen LogP contribution in [-0.4, -0.2) is 23.8 Å². The number of hydrogen-bond acceptors (Lipinski definition) is 1. The van der Waals surface area contributed by atoms with E-state index in [0.717, 1.165) is 24.3 Å². The van der Waals surface area contributed by atoms with Crippen molar-refractivity contribution in [1.82, 2.24) is 0 Å². The molecule has 1 nitrogen and oxygen atoms in total. The van der Waals surface area contributed by atoms with E-state index in [1.165, 1.54) is 6.07 Å². The van der Waals surface area contributed by atoms with Crippen LogP contribution >= 0.6 is 0 Å². The van der Waals surface area contributed by atoms with Crippen LogP contribution in [0.5, 0.6) is 0 Å². The van der Waals surface area contributed by atoms with Gasteiger partial charge in [-0.1, -0.05) is 30.3 Å². The summed E-state index contributed by atoms with van der Waals surface area (Å²) in [5.41, 5.74) is -0.925. The molecule has 0 fully saturated rings. The van der Waals surface area contributed by atoms with Gasteiger partial charge in [-0.2, -0.15) is 30.7 Å². The van der Waals surface area contributed by atoms with Crippen LogP contribution in [0.4, 0.5) is 30.7 Å². The van der Waals surface area contributed by atoms with Gasteiger partial charge in [0.25, 0.3) is 0 Å². The van der Waals surface area contributed by atoms with Crippen LogP contribution in [0.2, 0.25) is 0 Å². The number of ketones is 1. The van der Waals surface area contributed by atoms with Crippen molar-refractivity contribution in [3.05, 3.63) is 35.9 Å². The Kier molecular flexibility index (Phi) is 3.42. The first-order valence-electron chi connectivity index (χ1n) is 4.44. The molecule has 0 saturated carbocycles. The predicted octanol–water partition coefficient (Wildman–Crippen LogP) is 3.70. The van der Waals surface area contributed by atoms with Crippen molar-refractivity contribution in [3.63, 3.8) is 0 Å². The van der Waals surface area contributed by atoms with Gasteiger partial charge in [-0.3, -0.25) is 4.79 Å². The Morgan fingerprint density at radius 2 is 1.28 bits per heavy atom. The zero-order chi connectivity index (χ0) is 14.2. The number of alkyl halides is 7. The Balaban J connectivity index is 3.19. The SMILES string of the molecule is O=C(c1ccccc1)C(F)(F)C(F)(F)C(F)(F)F. The first-order chi connectivity index (χ1) is 8.02. The van der Waals surface area contributed by atoms with Crippen molar-refractivity contribution in [1.29, 1.82) is 0 Å². The summed E-state index contributed by atoms with van der Waals surface area (Å²) in [5, 5.41) is 0. The lowest BCUT2D eigenvalue weighted by Gasteiger charge is -2.26. The first kappa shape index (κ1) is 14.5. The minimum Gasteiger partial charge on any atom is -0.287 e. The molecule has 100 valence electrons. The van der Waals surface area contributed by atoms with E-state index in [1.54, 1.807) is 0 Å². The molecule has 0 amide bonds. The van der Waals surface area contributed by atoms with E-state index in [0.29, 0.717) is 0 Å². The predicted molar refractivity (Wildman–Crippen MR) is 46.7 cm³/mol. The molecule has 0 aliphatic rings. The summed E-state index contributed by atoms with van der Waals surface area (Å²) in [7, 11) is 0. The molecule has 0 unspecified atom stereocenters. The highest BCUT2D eigenvalue weighted by Gasteiger charge is 2.76. The van der Waals surface area contributed by atoms with Crippen molar-refractivity contribution < 1.29 is 35.5 Å². The summed E-state index contributed by atoms with van der Waals surface area (Å²) in [5.74, 6) is -14.9. The molecule has 0 saturated heterocycles. The molecule has 1 aromatic rings. The van der Waals surface area contributed by atoms with E-state index < -0.39 is 29.4 Å². The van der Waals surface area contributed by atoms with Crippen molar-refractivity contribution in [3.8, 4) is 0 Å². The quantitative estimate of drug-likeness (QED) is 0.606. The van der Waals surface area contributed by atoms with Gasteiger partial charge in [0.2, 0.25) is 5.78 Å². The van der Waals surface area contributed by atoms with Crippen LogP contribution in [0.3, 0.4) is 0 Å². The van der Waals surface area contributed by atoms with Crippen LogP contribution in [0.1, 0.15) is 10.4 Å². The van der Waals surface area contributed by atoms with Gasteiger partial charge < -0.3 is 0 Å². The highest BCUT2D eigenvalue weighted by molar-refractivity contribution is 6.02. The highest BCUT2D eigenvalue weighted by Crippen LogP contribution is 2.47. The molecule has 0 aliphatic carbocycles. The maximum absolute atomic E-state index is 13.0. The topological polar surface area (TPSA) is 17.1 Å². The lowest BCUT2D eigenvalue weighted by Crippen LogP contribution is -2.56. The Morgan fingerprint density at radius 3 is 1.67 bits per heavy atom. The summed E-state index contributed by atoms with van der Waals surface area (Å²) in [6.45, 7) is 0. The largest absolute Gasteiger partial charge is 0.460 e. The Morgan fingerprint density at radius 1 is 0.833 bits per heavy atom. The third-order valence-corrected chi connectivity index (χ3v) is 2.07. The van der Waals surface area contributed by atoms with Gasteiger partial charge >= 0.3 is 18.0 Å². The van der Waals surface area contributed by atoms with Gasteiger partial charge in [-0.05, 0) is 0 Å². The third-order valence-electron chi connectivity index (χ3n) is 2.07. The molecule has 0 aliphatic heterocycles. The van der Waals surface area contributed by atoms with Crippen LogP contribution in [-0.2, 0) is 0 Å². The van der Waals surface area contributed by atoms with E-state index in [9.17, 15) is 35.5 Å². The fraction of sp³-hybridized carbons (Fsp3) is 0.300. The Hall–Kier alpha value is -1.60. The second kappa shape index (κ2) is 4.25. The lowest BCUT2D eigenvalue weighted by atomic mass is 10.00. The van der Waals surface area contributed by atoms with Crippen molar-refractivity contribution in [2.45, 2.75) is 18.0 Å². The van der Waals surface area contributed by atoms with Gasteiger partial charge in [0.1, 0.15) is 0 Å². The average molecular weight is 274 g/mol. The minimum atomic E-state index is -6.51. The van der Waals surface area contributed by atoms with Crippen LogP contribution in [0.25, 0.3) is 0 Å². The molecule has 0 N–H and O–H groups in total. The Bertz CT molecular complexity index is 435. The normalized spacial score (nSPS) is 13.5. The summed E-state index contributed by atoms with van der Waals surface area (Å²) >= 11 is 0. The second-order valence-electron chi connectivity index (χ2n) is 3.34. The van der Waals surface area contributed by atoms with E-state index in [2.05, 4.69) is 0 Å². The van der Waals surface area contributed by atoms with Gasteiger partial charge in [-0.15, -0.1) is 0 Å². The first-order valence-corrected chi connectivity index (χ1v) is 4.44. The summed E-state index contributed by atoms with van der Waals surface area (Å²) in [6, 6.07) is 4.87. The zero-order valence-corrected chi connectivity index (χ0v) is 8.44. The Labute approximate surface area is 96.2 Å². The van der Waals surface area contributed by atoms with Crippen molar-refractivity contribution >= 4 is 5.78 Å². The van der Waals surface area contributed by atoms with E-state index in [-0.39, 0.29) is 0 Å². The maximum atomic E-state index is 13.0. The maximum Gasteiger partial charge on any atom is 0.460 e. The summed E-state index contributed by atoms with van der Waals surface area (Å²) in [4.78, 5) is 11.0. The third kappa shape index (κ3) is 2.19. The van der Waals surface area contributed by atoms with Crippen molar-refractivity contribution in [2.24, 2.45) is 0 Å². The van der Waals surface area contributed by atoms with E-state index in [1.807, 2.05) is 0 Å². The molecular weight excluding hydrogens is 269 g/mol. The molecule has 0 spiro atoms. The number of hydrogen-bond donors (Lipinski definition) is 0. The van der Waals surface area contributed by atoms with Gasteiger partial charge in [0, 0.05) is 5.56 Å². The lowest BCUT2D eigenvalue weighted by molar-refractivity contribution is -0.339. The molecule has 1 rings (SSSR count). The van der Waals surface area contributed by atoms with E-state index >= 15 is 0 Å².